The predicted molar refractivity (Wildman–Crippen MR) is 94.0 cm³/mol. The molecule has 2 N–H and O–H groups in total. The first-order chi connectivity index (χ1) is 10.5. The normalized spacial score (nSPS) is 14.9. The van der Waals surface area contributed by atoms with Crippen LogP contribution in [0.3, 0.4) is 0 Å². The van der Waals surface area contributed by atoms with Crippen molar-refractivity contribution >= 4 is 5.96 Å². The fourth-order valence-electron chi connectivity index (χ4n) is 2.40. The fraction of sp³-hybridized carbons (Fsp3) is 0.765. The fourth-order valence-corrected chi connectivity index (χ4v) is 2.40. The van der Waals surface area contributed by atoms with E-state index in [1.165, 1.54) is 19.3 Å². The molecule has 0 aromatic carbocycles. The molecule has 0 aliphatic carbocycles. The molecule has 2 atom stereocenters. The predicted octanol–water partition coefficient (Wildman–Crippen LogP) is 2.90. The molecule has 5 heteroatoms. The molecule has 1 aromatic rings. The molecule has 2 unspecified atom stereocenters. The number of guanidine groups is 1. The summed E-state index contributed by atoms with van der Waals surface area (Å²) in [6.45, 7) is 10.8. The SMILES string of the molecule is CN=C(NCC(C)Cn1cccn1)NC(C)CCCC(C)C. The zero-order chi connectivity index (χ0) is 16.4. The van der Waals surface area contributed by atoms with Gasteiger partial charge in [-0.2, -0.15) is 5.10 Å². The Morgan fingerprint density at radius 3 is 2.59 bits per heavy atom. The van der Waals surface area contributed by atoms with E-state index in [0.717, 1.165) is 25.0 Å². The van der Waals surface area contributed by atoms with Crippen LogP contribution in [0.4, 0.5) is 0 Å². The maximum atomic E-state index is 4.31. The van der Waals surface area contributed by atoms with Gasteiger partial charge in [-0.05, 0) is 31.2 Å². The summed E-state index contributed by atoms with van der Waals surface area (Å²) >= 11 is 0. The third-order valence-corrected chi connectivity index (χ3v) is 3.70. The number of aliphatic imine (C=N–C) groups is 1. The second-order valence-electron chi connectivity index (χ2n) is 6.66. The smallest absolute Gasteiger partial charge is 0.191 e. The molecule has 0 amide bonds. The lowest BCUT2D eigenvalue weighted by molar-refractivity contribution is 0.440. The number of aromatic nitrogens is 2. The molecule has 0 spiro atoms. The molecule has 0 aliphatic heterocycles. The van der Waals surface area contributed by atoms with Gasteiger partial charge in [0.25, 0.3) is 0 Å². The summed E-state index contributed by atoms with van der Waals surface area (Å²) in [5.41, 5.74) is 0. The van der Waals surface area contributed by atoms with Gasteiger partial charge in [-0.25, -0.2) is 0 Å². The molecule has 0 aliphatic rings. The van der Waals surface area contributed by atoms with Gasteiger partial charge in [0.2, 0.25) is 0 Å². The Bertz CT molecular complexity index is 411. The van der Waals surface area contributed by atoms with Crippen molar-refractivity contribution in [3.05, 3.63) is 18.5 Å². The molecule has 0 bridgehead atoms. The maximum Gasteiger partial charge on any atom is 0.191 e. The van der Waals surface area contributed by atoms with Crippen molar-refractivity contribution in [1.29, 1.82) is 0 Å². The van der Waals surface area contributed by atoms with Crippen molar-refractivity contribution in [2.75, 3.05) is 13.6 Å². The average Bonchev–Trinajstić information content (AvgIpc) is 2.95. The lowest BCUT2D eigenvalue weighted by Gasteiger charge is -2.20. The number of nitrogens with one attached hydrogen (secondary N) is 2. The van der Waals surface area contributed by atoms with Gasteiger partial charge in [0.05, 0.1) is 0 Å². The van der Waals surface area contributed by atoms with E-state index in [0.29, 0.717) is 12.0 Å². The monoisotopic (exact) mass is 307 g/mol. The quantitative estimate of drug-likeness (QED) is 0.545. The van der Waals surface area contributed by atoms with Gasteiger partial charge in [0, 0.05) is 38.6 Å². The Morgan fingerprint density at radius 2 is 2.00 bits per heavy atom. The van der Waals surface area contributed by atoms with Gasteiger partial charge >= 0.3 is 0 Å². The van der Waals surface area contributed by atoms with E-state index in [9.17, 15) is 0 Å². The zero-order valence-corrected chi connectivity index (χ0v) is 14.8. The number of hydrogen-bond donors (Lipinski definition) is 2. The summed E-state index contributed by atoms with van der Waals surface area (Å²) in [4.78, 5) is 4.31. The van der Waals surface area contributed by atoms with Crippen molar-refractivity contribution in [2.24, 2.45) is 16.8 Å². The Labute approximate surface area is 135 Å². The van der Waals surface area contributed by atoms with Gasteiger partial charge in [0.1, 0.15) is 0 Å². The minimum atomic E-state index is 0.450. The summed E-state index contributed by atoms with van der Waals surface area (Å²) in [6.07, 6.45) is 7.55. The van der Waals surface area contributed by atoms with E-state index in [2.05, 4.69) is 48.4 Å². The molecule has 126 valence electrons. The van der Waals surface area contributed by atoms with Crippen LogP contribution in [-0.2, 0) is 6.54 Å². The Kier molecular flexibility index (Phi) is 8.63. The Hall–Kier alpha value is -1.52. The first kappa shape index (κ1) is 18.5. The minimum Gasteiger partial charge on any atom is -0.356 e. The molecule has 0 radical (unpaired) electrons. The van der Waals surface area contributed by atoms with Crippen LogP contribution in [0.2, 0.25) is 0 Å². The summed E-state index contributed by atoms with van der Waals surface area (Å²) < 4.78 is 1.97. The van der Waals surface area contributed by atoms with E-state index in [4.69, 9.17) is 0 Å². The van der Waals surface area contributed by atoms with Crippen molar-refractivity contribution < 1.29 is 0 Å². The topological polar surface area (TPSA) is 54.2 Å². The summed E-state index contributed by atoms with van der Waals surface area (Å²) in [6, 6.07) is 2.41. The Balaban J connectivity index is 2.23. The van der Waals surface area contributed by atoms with Gasteiger partial charge < -0.3 is 10.6 Å². The molecule has 1 rings (SSSR count). The second-order valence-corrected chi connectivity index (χ2v) is 6.66. The van der Waals surface area contributed by atoms with Crippen LogP contribution in [0, 0.1) is 11.8 Å². The van der Waals surface area contributed by atoms with Gasteiger partial charge in [-0.1, -0.05) is 33.6 Å². The first-order valence-electron chi connectivity index (χ1n) is 8.45. The molecular formula is C17H33N5. The van der Waals surface area contributed by atoms with E-state index in [1.807, 2.05) is 30.2 Å². The first-order valence-corrected chi connectivity index (χ1v) is 8.45. The van der Waals surface area contributed by atoms with Gasteiger partial charge in [-0.15, -0.1) is 0 Å². The van der Waals surface area contributed by atoms with Crippen molar-refractivity contribution in [1.82, 2.24) is 20.4 Å². The summed E-state index contributed by atoms with van der Waals surface area (Å²) in [7, 11) is 1.83. The largest absolute Gasteiger partial charge is 0.356 e. The molecular weight excluding hydrogens is 274 g/mol. The van der Waals surface area contributed by atoms with E-state index in [1.54, 1.807) is 0 Å². The van der Waals surface area contributed by atoms with Crippen molar-refractivity contribution in [3.8, 4) is 0 Å². The van der Waals surface area contributed by atoms with Crippen LogP contribution < -0.4 is 10.6 Å². The second kappa shape index (κ2) is 10.2. The van der Waals surface area contributed by atoms with E-state index < -0.39 is 0 Å². The summed E-state index contributed by atoms with van der Waals surface area (Å²) in [5, 5.41) is 11.1. The van der Waals surface area contributed by atoms with Crippen LogP contribution in [0.25, 0.3) is 0 Å². The van der Waals surface area contributed by atoms with Crippen LogP contribution >= 0.6 is 0 Å². The number of rotatable bonds is 9. The highest BCUT2D eigenvalue weighted by atomic mass is 15.3. The standard InChI is InChI=1S/C17H33N5/c1-14(2)8-6-9-16(4)21-17(18-5)19-12-15(3)13-22-11-7-10-20-22/h7,10-11,14-16H,6,8-9,12-13H2,1-5H3,(H2,18,19,21). The van der Waals surface area contributed by atoms with Gasteiger partial charge in [-0.3, -0.25) is 9.67 Å². The van der Waals surface area contributed by atoms with Crippen LogP contribution in [0.5, 0.6) is 0 Å². The van der Waals surface area contributed by atoms with E-state index in [-0.39, 0.29) is 0 Å². The molecule has 1 heterocycles. The van der Waals surface area contributed by atoms with E-state index >= 15 is 0 Å². The number of hydrogen-bond acceptors (Lipinski definition) is 2. The van der Waals surface area contributed by atoms with Crippen LogP contribution in [0.15, 0.2) is 23.5 Å². The van der Waals surface area contributed by atoms with Crippen LogP contribution in [-0.4, -0.2) is 35.4 Å². The highest BCUT2D eigenvalue weighted by Crippen LogP contribution is 2.08. The lowest BCUT2D eigenvalue weighted by atomic mass is 10.0. The minimum absolute atomic E-state index is 0.450. The molecule has 5 nitrogen and oxygen atoms in total. The third kappa shape index (κ3) is 8.05. The molecule has 1 aromatic heterocycles. The molecule has 22 heavy (non-hydrogen) atoms. The molecule has 0 saturated heterocycles. The highest BCUT2D eigenvalue weighted by molar-refractivity contribution is 5.79. The van der Waals surface area contributed by atoms with Crippen LogP contribution in [0.1, 0.15) is 47.0 Å². The average molecular weight is 307 g/mol. The zero-order valence-electron chi connectivity index (χ0n) is 14.8. The summed E-state index contributed by atoms with van der Waals surface area (Å²) in [5.74, 6) is 2.17. The van der Waals surface area contributed by atoms with Crippen molar-refractivity contribution in [2.45, 2.75) is 59.5 Å². The van der Waals surface area contributed by atoms with Gasteiger partial charge in [0.15, 0.2) is 5.96 Å². The maximum absolute atomic E-state index is 4.31. The highest BCUT2D eigenvalue weighted by Gasteiger charge is 2.08. The Morgan fingerprint density at radius 1 is 1.23 bits per heavy atom. The molecule has 0 fully saturated rings. The number of nitrogens with zero attached hydrogens (tertiary/aromatic N) is 3. The lowest BCUT2D eigenvalue weighted by Crippen LogP contribution is -2.44. The van der Waals surface area contributed by atoms with Crippen molar-refractivity contribution in [3.63, 3.8) is 0 Å². The molecule has 0 saturated carbocycles. The third-order valence-electron chi connectivity index (χ3n) is 3.70.